The van der Waals surface area contributed by atoms with Crippen LogP contribution in [0.1, 0.15) is 16.7 Å². The first-order chi connectivity index (χ1) is 10.4. The molecule has 0 aromatic heterocycles. The van der Waals surface area contributed by atoms with Crippen molar-refractivity contribution in [1.29, 1.82) is 0 Å². The van der Waals surface area contributed by atoms with Crippen molar-refractivity contribution in [3.05, 3.63) is 108 Å². The third kappa shape index (κ3) is 2.35. The Hall–Kier alpha value is -2.42. The highest BCUT2D eigenvalue weighted by Crippen LogP contribution is 2.39. The summed E-state index contributed by atoms with van der Waals surface area (Å²) in [7, 11) is 0. The van der Waals surface area contributed by atoms with Crippen LogP contribution in [-0.4, -0.2) is 0 Å². The second-order valence-electron chi connectivity index (χ2n) is 4.88. The minimum Gasteiger partial charge on any atom is -0.264 e. The molecule has 3 aromatic rings. The van der Waals surface area contributed by atoms with Gasteiger partial charge in [0.25, 0.3) is 0 Å². The molecule has 0 amide bonds. The van der Waals surface area contributed by atoms with E-state index < -0.39 is 5.60 Å². The Labute approximate surface area is 124 Å². The number of nitrogens with one attached hydrogen (secondary N) is 1. The summed E-state index contributed by atoms with van der Waals surface area (Å²) >= 11 is 0. The van der Waals surface area contributed by atoms with Crippen LogP contribution in [0.15, 0.2) is 91.0 Å². The monoisotopic (exact) mass is 274 g/mol. The molecule has 21 heavy (non-hydrogen) atoms. The molecule has 1 radical (unpaired) electrons. The van der Waals surface area contributed by atoms with E-state index in [9.17, 15) is 0 Å². The van der Waals surface area contributed by atoms with Crippen LogP contribution in [0.5, 0.6) is 0 Å². The highest BCUT2D eigenvalue weighted by molar-refractivity contribution is 5.47. The lowest BCUT2D eigenvalue weighted by Crippen LogP contribution is -2.32. The predicted octanol–water partition coefficient (Wildman–Crippen LogP) is 4.19. The zero-order chi connectivity index (χ0) is 14.5. The van der Waals surface area contributed by atoms with Gasteiger partial charge in [-0.15, -0.1) is 5.90 Å². The van der Waals surface area contributed by atoms with E-state index in [-0.39, 0.29) is 0 Å². The van der Waals surface area contributed by atoms with Gasteiger partial charge in [0, 0.05) is 0 Å². The van der Waals surface area contributed by atoms with E-state index in [1.54, 1.807) is 0 Å². The zero-order valence-corrected chi connectivity index (χ0v) is 11.6. The van der Waals surface area contributed by atoms with Crippen molar-refractivity contribution in [2.75, 3.05) is 0 Å². The average Bonchev–Trinajstić information content (AvgIpc) is 2.59. The summed E-state index contributed by atoms with van der Waals surface area (Å²) < 4.78 is 0. The van der Waals surface area contributed by atoms with Crippen LogP contribution >= 0.6 is 0 Å². The van der Waals surface area contributed by atoms with E-state index in [0.717, 1.165) is 16.7 Å². The van der Waals surface area contributed by atoms with Crippen molar-refractivity contribution in [3.63, 3.8) is 0 Å². The minimum atomic E-state index is -0.913. The van der Waals surface area contributed by atoms with Crippen molar-refractivity contribution in [2.45, 2.75) is 5.60 Å². The highest BCUT2D eigenvalue weighted by atomic mass is 16.6. The molecule has 0 spiro atoms. The van der Waals surface area contributed by atoms with Crippen LogP contribution in [0.2, 0.25) is 0 Å². The fourth-order valence-corrected chi connectivity index (χ4v) is 2.70. The van der Waals surface area contributed by atoms with Gasteiger partial charge in [-0.05, 0) is 16.7 Å². The van der Waals surface area contributed by atoms with Crippen LogP contribution in [0.4, 0.5) is 0 Å². The molecule has 2 nitrogen and oxygen atoms in total. The largest absolute Gasteiger partial charge is 0.264 e. The maximum Gasteiger partial charge on any atom is 0.166 e. The maximum absolute atomic E-state index is 7.82. The second kappa shape index (κ2) is 5.92. The molecule has 103 valence electrons. The summed E-state index contributed by atoms with van der Waals surface area (Å²) in [6.07, 6.45) is 0. The number of hydrogen-bond acceptors (Lipinski definition) is 1. The fraction of sp³-hybridized carbons (Fsp3) is 0.0526. The first kappa shape index (κ1) is 13.6. The fourth-order valence-electron chi connectivity index (χ4n) is 2.70. The van der Waals surface area contributed by atoms with Gasteiger partial charge in [0.2, 0.25) is 0 Å². The smallest absolute Gasteiger partial charge is 0.166 e. The van der Waals surface area contributed by atoms with Gasteiger partial charge < -0.3 is 0 Å². The molecule has 0 aliphatic heterocycles. The Balaban J connectivity index is 2.29. The van der Waals surface area contributed by atoms with E-state index in [2.05, 4.69) is 0 Å². The lowest BCUT2D eigenvalue weighted by atomic mass is 9.80. The molecule has 0 fully saturated rings. The molecule has 1 N–H and O–H groups in total. The normalized spacial score (nSPS) is 11.3. The second-order valence-corrected chi connectivity index (χ2v) is 4.88. The molecule has 0 aliphatic carbocycles. The van der Waals surface area contributed by atoms with Crippen LogP contribution in [-0.2, 0) is 10.4 Å². The van der Waals surface area contributed by atoms with Crippen molar-refractivity contribution in [1.82, 2.24) is 5.90 Å². The van der Waals surface area contributed by atoms with Crippen molar-refractivity contribution >= 4 is 0 Å². The van der Waals surface area contributed by atoms with E-state index >= 15 is 0 Å². The van der Waals surface area contributed by atoms with Crippen molar-refractivity contribution < 1.29 is 4.84 Å². The van der Waals surface area contributed by atoms with Gasteiger partial charge in [-0.2, -0.15) is 0 Å². The lowest BCUT2D eigenvalue weighted by Gasteiger charge is -2.32. The Morgan fingerprint density at radius 3 is 1.05 bits per heavy atom. The van der Waals surface area contributed by atoms with Crippen LogP contribution < -0.4 is 5.90 Å². The number of benzene rings is 3. The summed E-state index contributed by atoms with van der Waals surface area (Å²) in [6, 6.07) is 29.7. The molecule has 0 unspecified atom stereocenters. The third-order valence-corrected chi connectivity index (χ3v) is 3.69. The summed E-state index contributed by atoms with van der Waals surface area (Å²) in [6.45, 7) is 0. The average molecular weight is 274 g/mol. The maximum atomic E-state index is 7.82. The Kier molecular flexibility index (Phi) is 3.82. The number of rotatable bonds is 4. The molecule has 0 aliphatic rings. The predicted molar refractivity (Wildman–Crippen MR) is 83.4 cm³/mol. The zero-order valence-electron chi connectivity index (χ0n) is 11.6. The Morgan fingerprint density at radius 2 is 0.810 bits per heavy atom. The SMILES string of the molecule is [NH]OC(c1ccccc1)(c1ccccc1)c1ccccc1. The molecule has 0 atom stereocenters. The summed E-state index contributed by atoms with van der Waals surface area (Å²) in [5.41, 5.74) is 1.91. The molecule has 0 saturated heterocycles. The van der Waals surface area contributed by atoms with Crippen molar-refractivity contribution in [3.8, 4) is 0 Å². The van der Waals surface area contributed by atoms with Crippen molar-refractivity contribution in [2.24, 2.45) is 0 Å². The van der Waals surface area contributed by atoms with Crippen LogP contribution in [0.3, 0.4) is 0 Å². The summed E-state index contributed by atoms with van der Waals surface area (Å²) in [5, 5.41) is 0. The molecular formula is C19H16NO. The topological polar surface area (TPSA) is 33.0 Å². The quantitative estimate of drug-likeness (QED) is 0.518. The van der Waals surface area contributed by atoms with E-state index in [1.165, 1.54) is 0 Å². The Morgan fingerprint density at radius 1 is 0.524 bits per heavy atom. The number of hydrogen-bond donors (Lipinski definition) is 0. The Bertz CT molecular complexity index is 584. The van der Waals surface area contributed by atoms with Crippen LogP contribution in [0.25, 0.3) is 0 Å². The van der Waals surface area contributed by atoms with Gasteiger partial charge in [0.05, 0.1) is 0 Å². The van der Waals surface area contributed by atoms with Gasteiger partial charge in [0.1, 0.15) is 0 Å². The molecule has 0 bridgehead atoms. The van der Waals surface area contributed by atoms with Gasteiger partial charge in [-0.3, -0.25) is 4.84 Å². The van der Waals surface area contributed by atoms with Gasteiger partial charge >= 0.3 is 0 Å². The van der Waals surface area contributed by atoms with E-state index in [1.807, 2.05) is 91.0 Å². The highest BCUT2D eigenvalue weighted by Gasteiger charge is 2.37. The minimum absolute atomic E-state index is 0.913. The van der Waals surface area contributed by atoms with E-state index in [0.29, 0.717) is 0 Å². The molecule has 2 heteroatoms. The van der Waals surface area contributed by atoms with Crippen LogP contribution in [0, 0.1) is 0 Å². The molecule has 0 heterocycles. The molecule has 0 saturated carbocycles. The van der Waals surface area contributed by atoms with Gasteiger partial charge in [-0.1, -0.05) is 91.0 Å². The molecule has 3 rings (SSSR count). The first-order valence-corrected chi connectivity index (χ1v) is 6.89. The summed E-state index contributed by atoms with van der Waals surface area (Å²) in [4.78, 5) is 5.35. The van der Waals surface area contributed by atoms with Gasteiger partial charge in [-0.25, -0.2) is 0 Å². The lowest BCUT2D eigenvalue weighted by molar-refractivity contribution is -0.00353. The molecular weight excluding hydrogens is 258 g/mol. The van der Waals surface area contributed by atoms with E-state index in [4.69, 9.17) is 10.7 Å². The standard InChI is InChI=1S/C19H16NO/c20-21-19(16-10-4-1-5-11-16,17-12-6-2-7-13-17)18-14-8-3-9-15-18/h1-15,20H. The van der Waals surface area contributed by atoms with Gasteiger partial charge in [0.15, 0.2) is 5.60 Å². The summed E-state index contributed by atoms with van der Waals surface area (Å²) in [5.74, 6) is 7.82. The first-order valence-electron chi connectivity index (χ1n) is 6.89. The third-order valence-electron chi connectivity index (χ3n) is 3.69. The molecule has 3 aromatic carbocycles.